The van der Waals surface area contributed by atoms with Gasteiger partial charge in [-0.3, -0.25) is 14.6 Å². The molecule has 144 valence electrons. The lowest BCUT2D eigenvalue weighted by molar-refractivity contribution is 0.0302. The predicted molar refractivity (Wildman–Crippen MR) is 103 cm³/mol. The van der Waals surface area contributed by atoms with Crippen LogP contribution in [-0.2, 0) is 4.74 Å². The highest BCUT2D eigenvalue weighted by Crippen LogP contribution is 2.22. The molecule has 9 nitrogen and oxygen atoms in total. The van der Waals surface area contributed by atoms with Gasteiger partial charge in [0.15, 0.2) is 5.65 Å². The summed E-state index contributed by atoms with van der Waals surface area (Å²) in [6.45, 7) is 3.95. The summed E-state index contributed by atoms with van der Waals surface area (Å²) in [5.74, 6) is -0.458. The average molecular weight is 381 g/mol. The molecule has 0 atom stereocenters. The number of morpholine rings is 1. The van der Waals surface area contributed by atoms with Gasteiger partial charge in [-0.1, -0.05) is 6.07 Å². The van der Waals surface area contributed by atoms with Gasteiger partial charge in [-0.15, -0.1) is 0 Å². The standard InChI is InChI=1S/C19H19N5O4/c1-11-13(18(26)24-5-7-28-8-6-24)3-2-4-14(11)21-17(25)12-9-15-16(20-10-12)23-19(27)22-15/h2-4,9-10H,5-8H2,1H3,(H,21,25)(H2,20,22,23,27). The van der Waals surface area contributed by atoms with Crippen molar-refractivity contribution >= 4 is 28.7 Å². The smallest absolute Gasteiger partial charge is 0.325 e. The number of benzene rings is 1. The lowest BCUT2D eigenvalue weighted by Gasteiger charge is -2.27. The highest BCUT2D eigenvalue weighted by molar-refractivity contribution is 6.07. The first-order chi connectivity index (χ1) is 13.5. The summed E-state index contributed by atoms with van der Waals surface area (Å²) in [4.78, 5) is 47.7. The fourth-order valence-electron chi connectivity index (χ4n) is 3.18. The number of rotatable bonds is 3. The van der Waals surface area contributed by atoms with Crippen LogP contribution in [0.15, 0.2) is 35.3 Å². The van der Waals surface area contributed by atoms with Crippen molar-refractivity contribution in [3.8, 4) is 0 Å². The maximum atomic E-state index is 12.8. The fraction of sp³-hybridized carbons (Fsp3) is 0.263. The molecule has 3 heterocycles. The largest absolute Gasteiger partial charge is 0.378 e. The summed E-state index contributed by atoms with van der Waals surface area (Å²) < 4.78 is 5.29. The second kappa shape index (κ2) is 7.28. The first kappa shape index (κ1) is 17.9. The second-order valence-electron chi connectivity index (χ2n) is 6.54. The maximum absolute atomic E-state index is 12.8. The molecule has 3 aromatic rings. The lowest BCUT2D eigenvalue weighted by Crippen LogP contribution is -2.41. The highest BCUT2D eigenvalue weighted by Gasteiger charge is 2.21. The number of imidazole rings is 1. The summed E-state index contributed by atoms with van der Waals surface area (Å²) in [6.07, 6.45) is 1.39. The van der Waals surface area contributed by atoms with Crippen LogP contribution in [0.25, 0.3) is 11.2 Å². The van der Waals surface area contributed by atoms with E-state index in [0.717, 1.165) is 0 Å². The molecule has 0 aliphatic carbocycles. The minimum Gasteiger partial charge on any atom is -0.378 e. The van der Waals surface area contributed by atoms with Crippen LogP contribution in [0.1, 0.15) is 26.3 Å². The number of H-pyrrole nitrogens is 2. The van der Waals surface area contributed by atoms with Crippen LogP contribution in [0, 0.1) is 6.92 Å². The molecule has 0 unspecified atom stereocenters. The predicted octanol–water partition coefficient (Wildman–Crippen LogP) is 1.28. The van der Waals surface area contributed by atoms with Crippen LogP contribution in [0.2, 0.25) is 0 Å². The van der Waals surface area contributed by atoms with E-state index in [1.54, 1.807) is 36.1 Å². The van der Waals surface area contributed by atoms with Crippen LogP contribution >= 0.6 is 0 Å². The molecule has 1 aliphatic heterocycles. The van der Waals surface area contributed by atoms with Crippen molar-refractivity contribution < 1.29 is 14.3 Å². The van der Waals surface area contributed by atoms with Crippen LogP contribution < -0.4 is 11.0 Å². The molecule has 1 aliphatic rings. The quantitative estimate of drug-likeness (QED) is 0.631. The minimum absolute atomic E-state index is 0.0788. The van der Waals surface area contributed by atoms with E-state index in [4.69, 9.17) is 4.74 Å². The van der Waals surface area contributed by atoms with Crippen LogP contribution in [0.4, 0.5) is 5.69 Å². The lowest BCUT2D eigenvalue weighted by atomic mass is 10.0. The summed E-state index contributed by atoms with van der Waals surface area (Å²) >= 11 is 0. The average Bonchev–Trinajstić information content (AvgIpc) is 3.09. The van der Waals surface area contributed by atoms with Crippen LogP contribution in [0.5, 0.6) is 0 Å². The van der Waals surface area contributed by atoms with Crippen molar-refractivity contribution in [3.05, 3.63) is 57.6 Å². The Balaban J connectivity index is 1.57. The number of pyridine rings is 1. The fourth-order valence-corrected chi connectivity index (χ4v) is 3.18. The zero-order valence-corrected chi connectivity index (χ0v) is 15.2. The Morgan fingerprint density at radius 3 is 2.79 bits per heavy atom. The molecule has 0 bridgehead atoms. The van der Waals surface area contributed by atoms with E-state index in [1.807, 2.05) is 0 Å². The van der Waals surface area contributed by atoms with Gasteiger partial charge in [-0.05, 0) is 30.7 Å². The summed E-state index contributed by atoms with van der Waals surface area (Å²) in [5, 5.41) is 2.82. The SMILES string of the molecule is Cc1c(NC(=O)c2cnc3[nH]c(=O)[nH]c3c2)cccc1C(=O)N1CCOCC1. The van der Waals surface area contributed by atoms with E-state index in [-0.39, 0.29) is 17.5 Å². The number of hydrogen-bond acceptors (Lipinski definition) is 5. The van der Waals surface area contributed by atoms with Gasteiger partial charge >= 0.3 is 5.69 Å². The van der Waals surface area contributed by atoms with Gasteiger partial charge in [-0.25, -0.2) is 9.78 Å². The van der Waals surface area contributed by atoms with Crippen LogP contribution in [0.3, 0.4) is 0 Å². The van der Waals surface area contributed by atoms with Gasteiger partial charge in [0.1, 0.15) is 0 Å². The maximum Gasteiger partial charge on any atom is 0.325 e. The van der Waals surface area contributed by atoms with Gasteiger partial charge in [-0.2, -0.15) is 0 Å². The molecular formula is C19H19N5O4. The number of aromatic amines is 2. The third-order valence-corrected chi connectivity index (χ3v) is 4.74. The third-order valence-electron chi connectivity index (χ3n) is 4.74. The molecule has 9 heteroatoms. The number of carbonyl (C=O) groups excluding carboxylic acids is 2. The Morgan fingerprint density at radius 1 is 1.21 bits per heavy atom. The van der Waals surface area contributed by atoms with Gasteiger partial charge < -0.3 is 19.9 Å². The van der Waals surface area contributed by atoms with Crippen molar-refractivity contribution in [2.24, 2.45) is 0 Å². The number of carbonyl (C=O) groups is 2. The second-order valence-corrected chi connectivity index (χ2v) is 6.54. The molecule has 1 aromatic carbocycles. The molecule has 0 saturated carbocycles. The molecule has 4 rings (SSSR count). The van der Waals surface area contributed by atoms with E-state index in [2.05, 4.69) is 20.3 Å². The van der Waals surface area contributed by atoms with E-state index in [9.17, 15) is 14.4 Å². The molecular weight excluding hydrogens is 362 g/mol. The molecule has 3 N–H and O–H groups in total. The Hall–Kier alpha value is -3.46. The van der Waals surface area contributed by atoms with E-state index < -0.39 is 0 Å². The van der Waals surface area contributed by atoms with Crippen molar-refractivity contribution in [2.45, 2.75) is 6.92 Å². The molecule has 0 spiro atoms. The Labute approximate surface area is 159 Å². The number of amides is 2. The zero-order chi connectivity index (χ0) is 19.7. The van der Waals surface area contributed by atoms with Crippen molar-refractivity contribution in [1.29, 1.82) is 0 Å². The third kappa shape index (κ3) is 3.39. The Bertz CT molecular complexity index is 1110. The summed E-state index contributed by atoms with van der Waals surface area (Å²) in [7, 11) is 0. The van der Waals surface area contributed by atoms with Gasteiger partial charge in [0.2, 0.25) is 0 Å². The Morgan fingerprint density at radius 2 is 2.00 bits per heavy atom. The summed E-state index contributed by atoms with van der Waals surface area (Å²) in [5.41, 5.74) is 2.53. The molecule has 2 amide bonds. The molecule has 1 saturated heterocycles. The van der Waals surface area contributed by atoms with E-state index >= 15 is 0 Å². The zero-order valence-electron chi connectivity index (χ0n) is 15.2. The number of hydrogen-bond donors (Lipinski definition) is 3. The van der Waals surface area contributed by atoms with Crippen molar-refractivity contribution in [2.75, 3.05) is 31.6 Å². The number of aromatic nitrogens is 3. The van der Waals surface area contributed by atoms with Gasteiger partial charge in [0.05, 0.1) is 24.3 Å². The molecule has 0 radical (unpaired) electrons. The van der Waals surface area contributed by atoms with Gasteiger partial charge in [0.25, 0.3) is 11.8 Å². The normalized spacial score (nSPS) is 14.2. The first-order valence-corrected chi connectivity index (χ1v) is 8.89. The van der Waals surface area contributed by atoms with E-state index in [1.165, 1.54) is 6.20 Å². The van der Waals surface area contributed by atoms with Crippen molar-refractivity contribution in [3.63, 3.8) is 0 Å². The number of fused-ring (bicyclic) bond motifs is 1. The Kier molecular flexibility index (Phi) is 4.66. The highest BCUT2D eigenvalue weighted by atomic mass is 16.5. The molecule has 1 fully saturated rings. The topological polar surface area (TPSA) is 120 Å². The molecule has 28 heavy (non-hydrogen) atoms. The number of nitrogens with zero attached hydrogens (tertiary/aromatic N) is 2. The van der Waals surface area contributed by atoms with Gasteiger partial charge in [0, 0.05) is 30.5 Å². The first-order valence-electron chi connectivity index (χ1n) is 8.89. The number of anilines is 1. The van der Waals surface area contributed by atoms with Crippen LogP contribution in [-0.4, -0.2) is 58.0 Å². The minimum atomic E-state index is -0.384. The van der Waals surface area contributed by atoms with E-state index in [0.29, 0.717) is 59.8 Å². The monoisotopic (exact) mass is 381 g/mol. The van der Waals surface area contributed by atoms with Crippen molar-refractivity contribution in [1.82, 2.24) is 19.9 Å². The molecule has 2 aromatic heterocycles. The summed E-state index contributed by atoms with van der Waals surface area (Å²) in [6, 6.07) is 6.78. The number of ether oxygens (including phenoxy) is 1. The number of nitrogens with one attached hydrogen (secondary N) is 3.